The molecular formula is C17H20O. The first-order valence-corrected chi connectivity index (χ1v) is 6.59. The second-order valence-electron chi connectivity index (χ2n) is 4.68. The van der Waals surface area contributed by atoms with E-state index in [1.165, 1.54) is 5.56 Å². The number of benzene rings is 2. The van der Waals surface area contributed by atoms with E-state index in [0.29, 0.717) is 5.92 Å². The van der Waals surface area contributed by atoms with E-state index in [1.54, 1.807) is 0 Å². The molecule has 0 bridgehead atoms. The molecule has 0 saturated carbocycles. The van der Waals surface area contributed by atoms with Crippen LogP contribution in [0.5, 0.6) is 0 Å². The Kier molecular flexibility index (Phi) is 4.54. The second kappa shape index (κ2) is 6.36. The molecule has 2 aromatic carbocycles. The minimum atomic E-state index is -0.378. The van der Waals surface area contributed by atoms with Gasteiger partial charge in [-0.15, -0.1) is 0 Å². The molecule has 0 unspecified atom stereocenters. The molecule has 0 aromatic heterocycles. The molecular weight excluding hydrogens is 220 g/mol. The van der Waals surface area contributed by atoms with Crippen LogP contribution in [0, 0.1) is 0 Å². The number of aliphatic hydroxyl groups excluding tert-OH is 1. The van der Waals surface area contributed by atoms with Gasteiger partial charge in [0.15, 0.2) is 0 Å². The fraction of sp³-hybridized carbons (Fsp3) is 0.294. The maximum absolute atomic E-state index is 10.3. The summed E-state index contributed by atoms with van der Waals surface area (Å²) in [6.07, 6.45) is 1.45. The molecule has 1 N–H and O–H groups in total. The zero-order chi connectivity index (χ0) is 12.8. The third kappa shape index (κ3) is 3.21. The van der Waals surface area contributed by atoms with Crippen LogP contribution in [0.2, 0.25) is 0 Å². The van der Waals surface area contributed by atoms with E-state index in [0.717, 1.165) is 18.4 Å². The molecule has 18 heavy (non-hydrogen) atoms. The quantitative estimate of drug-likeness (QED) is 0.826. The zero-order valence-electron chi connectivity index (χ0n) is 10.8. The average Bonchev–Trinajstić information content (AvgIpc) is 2.46. The molecule has 0 heterocycles. The summed E-state index contributed by atoms with van der Waals surface area (Å²) >= 11 is 0. The lowest BCUT2D eigenvalue weighted by Gasteiger charge is -2.19. The summed E-state index contributed by atoms with van der Waals surface area (Å²) in [6, 6.07) is 20.3. The predicted octanol–water partition coefficient (Wildman–Crippen LogP) is 4.30. The van der Waals surface area contributed by atoms with E-state index in [9.17, 15) is 5.11 Å². The van der Waals surface area contributed by atoms with Gasteiger partial charge in [0.25, 0.3) is 0 Å². The third-order valence-corrected chi connectivity index (χ3v) is 3.46. The van der Waals surface area contributed by atoms with Crippen molar-refractivity contribution in [1.29, 1.82) is 0 Å². The maximum atomic E-state index is 10.3. The van der Waals surface area contributed by atoms with Crippen LogP contribution in [-0.4, -0.2) is 5.11 Å². The van der Waals surface area contributed by atoms with Gasteiger partial charge >= 0.3 is 0 Å². The van der Waals surface area contributed by atoms with E-state index in [2.05, 4.69) is 31.2 Å². The molecule has 94 valence electrons. The van der Waals surface area contributed by atoms with Crippen molar-refractivity contribution in [2.45, 2.75) is 31.8 Å². The van der Waals surface area contributed by atoms with Crippen LogP contribution in [0.25, 0.3) is 0 Å². The number of aliphatic hydroxyl groups is 1. The molecule has 1 heteroatoms. The van der Waals surface area contributed by atoms with Crippen molar-refractivity contribution in [3.63, 3.8) is 0 Å². The van der Waals surface area contributed by atoms with E-state index in [4.69, 9.17) is 0 Å². The van der Waals surface area contributed by atoms with Crippen LogP contribution >= 0.6 is 0 Å². The first-order valence-electron chi connectivity index (χ1n) is 6.59. The van der Waals surface area contributed by atoms with Gasteiger partial charge < -0.3 is 5.11 Å². The molecule has 0 aliphatic carbocycles. The van der Waals surface area contributed by atoms with Gasteiger partial charge in [0.1, 0.15) is 0 Å². The van der Waals surface area contributed by atoms with Crippen molar-refractivity contribution in [2.24, 2.45) is 0 Å². The van der Waals surface area contributed by atoms with Crippen LogP contribution < -0.4 is 0 Å². The van der Waals surface area contributed by atoms with Gasteiger partial charge in [0.05, 0.1) is 6.10 Å². The van der Waals surface area contributed by atoms with Crippen LogP contribution in [0.1, 0.15) is 42.9 Å². The Hall–Kier alpha value is -1.60. The van der Waals surface area contributed by atoms with Crippen molar-refractivity contribution in [2.75, 3.05) is 0 Å². The van der Waals surface area contributed by atoms with Crippen LogP contribution in [-0.2, 0) is 0 Å². The smallest absolute Gasteiger partial charge is 0.0795 e. The molecule has 0 radical (unpaired) electrons. The topological polar surface area (TPSA) is 20.2 Å². The Morgan fingerprint density at radius 2 is 1.33 bits per heavy atom. The lowest BCUT2D eigenvalue weighted by Crippen LogP contribution is -2.05. The molecule has 0 aliphatic rings. The first-order chi connectivity index (χ1) is 8.81. The molecule has 0 fully saturated rings. The minimum Gasteiger partial charge on any atom is -0.388 e. The number of hydrogen-bond acceptors (Lipinski definition) is 1. The van der Waals surface area contributed by atoms with Crippen LogP contribution in [0.4, 0.5) is 0 Å². The third-order valence-electron chi connectivity index (χ3n) is 3.46. The average molecular weight is 240 g/mol. The fourth-order valence-electron chi connectivity index (χ4n) is 2.34. The molecule has 1 nitrogen and oxygen atoms in total. The molecule has 2 atom stereocenters. The van der Waals surface area contributed by atoms with Gasteiger partial charge in [-0.2, -0.15) is 0 Å². The molecule has 2 rings (SSSR count). The van der Waals surface area contributed by atoms with E-state index in [1.807, 2.05) is 36.4 Å². The van der Waals surface area contributed by atoms with Crippen molar-refractivity contribution < 1.29 is 5.11 Å². The van der Waals surface area contributed by atoms with Gasteiger partial charge in [-0.05, 0) is 29.9 Å². The zero-order valence-corrected chi connectivity index (χ0v) is 10.8. The lowest BCUT2D eigenvalue weighted by molar-refractivity contribution is 0.156. The predicted molar refractivity (Wildman–Crippen MR) is 75.5 cm³/mol. The van der Waals surface area contributed by atoms with Gasteiger partial charge in [-0.1, -0.05) is 67.6 Å². The summed E-state index contributed by atoms with van der Waals surface area (Å²) in [5.74, 6) is 0.418. The molecule has 0 saturated heterocycles. The maximum Gasteiger partial charge on any atom is 0.0795 e. The Bertz CT molecular complexity index is 450. The normalized spacial score (nSPS) is 14.1. The summed E-state index contributed by atoms with van der Waals surface area (Å²) in [7, 11) is 0. The highest BCUT2D eigenvalue weighted by atomic mass is 16.3. The van der Waals surface area contributed by atoms with Gasteiger partial charge in [-0.25, -0.2) is 0 Å². The largest absolute Gasteiger partial charge is 0.388 e. The standard InChI is InChI=1S/C17H20O/c1-2-14(15-9-5-3-6-10-15)13-17(18)16-11-7-4-8-12-16/h3-12,14,17-18H,2,13H2,1H3/t14-,17-/m1/s1. The number of hydrogen-bond donors (Lipinski definition) is 1. The van der Waals surface area contributed by atoms with Crippen LogP contribution in [0.15, 0.2) is 60.7 Å². The number of rotatable bonds is 5. The summed E-state index contributed by atoms with van der Waals surface area (Å²) < 4.78 is 0. The summed E-state index contributed by atoms with van der Waals surface area (Å²) in [6.45, 7) is 2.18. The summed E-state index contributed by atoms with van der Waals surface area (Å²) in [4.78, 5) is 0. The van der Waals surface area contributed by atoms with Crippen molar-refractivity contribution in [3.8, 4) is 0 Å². The highest BCUT2D eigenvalue weighted by Crippen LogP contribution is 2.30. The van der Waals surface area contributed by atoms with E-state index < -0.39 is 0 Å². The Morgan fingerprint density at radius 1 is 0.833 bits per heavy atom. The molecule has 0 spiro atoms. The molecule has 2 aromatic rings. The highest BCUT2D eigenvalue weighted by molar-refractivity contribution is 5.22. The van der Waals surface area contributed by atoms with Gasteiger partial charge in [0, 0.05) is 0 Å². The van der Waals surface area contributed by atoms with Crippen molar-refractivity contribution >= 4 is 0 Å². The lowest BCUT2D eigenvalue weighted by atomic mass is 9.89. The second-order valence-corrected chi connectivity index (χ2v) is 4.68. The highest BCUT2D eigenvalue weighted by Gasteiger charge is 2.15. The SMILES string of the molecule is CC[C@H](C[C@@H](O)c1ccccc1)c1ccccc1. The molecule has 0 aliphatic heterocycles. The Balaban J connectivity index is 2.07. The van der Waals surface area contributed by atoms with E-state index in [-0.39, 0.29) is 6.10 Å². The van der Waals surface area contributed by atoms with E-state index >= 15 is 0 Å². The van der Waals surface area contributed by atoms with Crippen molar-refractivity contribution in [3.05, 3.63) is 71.8 Å². The minimum absolute atomic E-state index is 0.378. The summed E-state index contributed by atoms with van der Waals surface area (Å²) in [5.41, 5.74) is 2.32. The van der Waals surface area contributed by atoms with Crippen LogP contribution in [0.3, 0.4) is 0 Å². The first kappa shape index (κ1) is 12.8. The Morgan fingerprint density at radius 3 is 1.83 bits per heavy atom. The summed E-state index contributed by atoms with van der Waals surface area (Å²) in [5, 5.41) is 10.3. The van der Waals surface area contributed by atoms with Crippen molar-refractivity contribution in [1.82, 2.24) is 0 Å². The molecule has 0 amide bonds. The fourth-order valence-corrected chi connectivity index (χ4v) is 2.34. The Labute approximate surface area is 109 Å². The van der Waals surface area contributed by atoms with Gasteiger partial charge in [0.2, 0.25) is 0 Å². The monoisotopic (exact) mass is 240 g/mol. The van der Waals surface area contributed by atoms with Gasteiger partial charge in [-0.3, -0.25) is 0 Å².